The van der Waals surface area contributed by atoms with Crippen molar-refractivity contribution in [1.29, 1.82) is 0 Å². The Morgan fingerprint density at radius 1 is 1.24 bits per heavy atom. The van der Waals surface area contributed by atoms with Crippen LogP contribution in [-0.2, 0) is 16.0 Å². The SMILES string of the molecule is CCOC(=O)Cc1csc(NC(=O)Nc2ccc(Cl)cc2C(=O)C2CCCC2)n1. The monoisotopic (exact) mass is 435 g/mol. The number of urea groups is 1. The number of hydrogen-bond donors (Lipinski definition) is 2. The molecule has 3 rings (SSSR count). The van der Waals surface area contributed by atoms with Gasteiger partial charge in [0.05, 0.1) is 24.4 Å². The summed E-state index contributed by atoms with van der Waals surface area (Å²) >= 11 is 7.28. The molecule has 29 heavy (non-hydrogen) atoms. The Bertz CT molecular complexity index is 909. The minimum atomic E-state index is -0.523. The van der Waals surface area contributed by atoms with Crippen LogP contribution in [0.15, 0.2) is 23.6 Å². The van der Waals surface area contributed by atoms with Crippen molar-refractivity contribution in [2.75, 3.05) is 17.2 Å². The fourth-order valence-corrected chi connectivity index (χ4v) is 4.17. The van der Waals surface area contributed by atoms with Gasteiger partial charge in [0.15, 0.2) is 10.9 Å². The smallest absolute Gasteiger partial charge is 0.325 e. The van der Waals surface area contributed by atoms with Gasteiger partial charge in [0.1, 0.15) is 0 Å². The second-order valence-electron chi connectivity index (χ2n) is 6.74. The Hall–Kier alpha value is -2.45. The number of amides is 2. The number of esters is 1. The van der Waals surface area contributed by atoms with Gasteiger partial charge in [-0.15, -0.1) is 11.3 Å². The zero-order valence-electron chi connectivity index (χ0n) is 16.0. The number of halogens is 1. The van der Waals surface area contributed by atoms with Gasteiger partial charge in [-0.1, -0.05) is 24.4 Å². The predicted octanol–water partition coefficient (Wildman–Crippen LogP) is 4.92. The van der Waals surface area contributed by atoms with Crippen molar-refractivity contribution in [1.82, 2.24) is 4.98 Å². The van der Waals surface area contributed by atoms with Crippen molar-refractivity contribution < 1.29 is 19.1 Å². The predicted molar refractivity (Wildman–Crippen MR) is 113 cm³/mol. The lowest BCUT2D eigenvalue weighted by atomic mass is 9.95. The van der Waals surface area contributed by atoms with E-state index in [1.165, 1.54) is 11.3 Å². The topological polar surface area (TPSA) is 97.4 Å². The van der Waals surface area contributed by atoms with E-state index in [-0.39, 0.29) is 24.1 Å². The lowest BCUT2D eigenvalue weighted by Crippen LogP contribution is -2.22. The quantitative estimate of drug-likeness (QED) is 0.475. The number of carbonyl (C=O) groups excluding carboxylic acids is 3. The summed E-state index contributed by atoms with van der Waals surface area (Å²) in [5, 5.41) is 7.81. The Balaban J connectivity index is 1.66. The molecule has 0 aliphatic heterocycles. The van der Waals surface area contributed by atoms with Crippen LogP contribution in [0.5, 0.6) is 0 Å². The molecule has 1 aliphatic carbocycles. The molecule has 0 unspecified atom stereocenters. The number of benzene rings is 1. The normalized spacial score (nSPS) is 13.9. The van der Waals surface area contributed by atoms with Crippen LogP contribution in [0.3, 0.4) is 0 Å². The zero-order chi connectivity index (χ0) is 20.8. The van der Waals surface area contributed by atoms with Crippen LogP contribution in [0.1, 0.15) is 48.7 Å². The largest absolute Gasteiger partial charge is 0.466 e. The Morgan fingerprint density at radius 2 is 2.00 bits per heavy atom. The molecule has 2 amide bonds. The fraction of sp³-hybridized carbons (Fsp3) is 0.400. The van der Waals surface area contributed by atoms with Crippen LogP contribution in [-0.4, -0.2) is 29.4 Å². The van der Waals surface area contributed by atoms with Gasteiger partial charge in [-0.25, -0.2) is 9.78 Å². The van der Waals surface area contributed by atoms with E-state index in [0.717, 1.165) is 25.7 Å². The van der Waals surface area contributed by atoms with E-state index in [1.807, 2.05) is 0 Å². The molecule has 0 bridgehead atoms. The van der Waals surface area contributed by atoms with E-state index in [9.17, 15) is 14.4 Å². The summed E-state index contributed by atoms with van der Waals surface area (Å²) in [6.45, 7) is 2.04. The van der Waals surface area contributed by atoms with Crippen molar-refractivity contribution in [2.45, 2.75) is 39.0 Å². The standard InChI is InChI=1S/C20H22ClN3O4S/c1-2-28-17(25)10-14-11-29-20(22-14)24-19(27)23-16-8-7-13(21)9-15(16)18(26)12-5-3-4-6-12/h7-9,11-12H,2-6,10H2,1H3,(H2,22,23,24,27). The maximum atomic E-state index is 12.8. The fourth-order valence-electron chi connectivity index (χ4n) is 3.29. The number of Topliss-reactive ketones (excluding diaryl/α,β-unsaturated/α-hetero) is 1. The van der Waals surface area contributed by atoms with Crippen LogP contribution in [0, 0.1) is 5.92 Å². The van der Waals surface area contributed by atoms with Crippen molar-refractivity contribution in [2.24, 2.45) is 5.92 Å². The number of hydrogen-bond acceptors (Lipinski definition) is 6. The second kappa shape index (κ2) is 9.84. The van der Waals surface area contributed by atoms with E-state index < -0.39 is 6.03 Å². The van der Waals surface area contributed by atoms with Gasteiger partial charge in [0, 0.05) is 21.9 Å². The molecule has 7 nitrogen and oxygen atoms in total. The third-order valence-electron chi connectivity index (χ3n) is 4.62. The third kappa shape index (κ3) is 5.77. The van der Waals surface area contributed by atoms with E-state index in [4.69, 9.17) is 16.3 Å². The Kier molecular flexibility index (Phi) is 7.22. The molecule has 0 radical (unpaired) electrons. The summed E-state index contributed by atoms with van der Waals surface area (Å²) in [7, 11) is 0. The first-order valence-electron chi connectivity index (χ1n) is 9.48. The van der Waals surface area contributed by atoms with Crippen molar-refractivity contribution in [3.63, 3.8) is 0 Å². The zero-order valence-corrected chi connectivity index (χ0v) is 17.6. The summed E-state index contributed by atoms with van der Waals surface area (Å²) in [6, 6.07) is 4.32. The summed E-state index contributed by atoms with van der Waals surface area (Å²) in [4.78, 5) is 41.0. The maximum absolute atomic E-state index is 12.8. The molecular weight excluding hydrogens is 414 g/mol. The number of anilines is 2. The van der Waals surface area contributed by atoms with E-state index in [0.29, 0.717) is 33.7 Å². The Morgan fingerprint density at radius 3 is 2.72 bits per heavy atom. The van der Waals surface area contributed by atoms with Crippen LogP contribution in [0.4, 0.5) is 15.6 Å². The molecule has 2 N–H and O–H groups in total. The Labute approximate surface area is 177 Å². The first-order valence-corrected chi connectivity index (χ1v) is 10.7. The van der Waals surface area contributed by atoms with Crippen LogP contribution in [0.2, 0.25) is 5.02 Å². The first-order chi connectivity index (χ1) is 14.0. The average molecular weight is 436 g/mol. The van der Waals surface area contributed by atoms with E-state index in [2.05, 4.69) is 15.6 Å². The molecule has 1 aromatic heterocycles. The van der Waals surface area contributed by atoms with Gasteiger partial charge in [0.25, 0.3) is 0 Å². The number of nitrogens with zero attached hydrogens (tertiary/aromatic N) is 1. The highest BCUT2D eigenvalue weighted by molar-refractivity contribution is 7.14. The maximum Gasteiger partial charge on any atom is 0.325 e. The number of ether oxygens (including phenoxy) is 1. The molecule has 154 valence electrons. The number of carbonyl (C=O) groups is 3. The van der Waals surface area contributed by atoms with Crippen molar-refractivity contribution >= 4 is 51.5 Å². The van der Waals surface area contributed by atoms with Gasteiger partial charge in [-0.3, -0.25) is 14.9 Å². The van der Waals surface area contributed by atoms with Gasteiger partial charge in [-0.2, -0.15) is 0 Å². The molecule has 1 aliphatic rings. The van der Waals surface area contributed by atoms with Crippen molar-refractivity contribution in [3.8, 4) is 0 Å². The first kappa shape index (κ1) is 21.3. The molecule has 2 aromatic rings. The molecule has 1 aromatic carbocycles. The van der Waals surface area contributed by atoms with Gasteiger partial charge < -0.3 is 10.1 Å². The molecule has 1 saturated carbocycles. The summed E-state index contributed by atoms with van der Waals surface area (Å²) in [5.74, 6) is -0.391. The second-order valence-corrected chi connectivity index (χ2v) is 8.03. The number of ketones is 1. The number of thiazole rings is 1. The minimum Gasteiger partial charge on any atom is -0.466 e. The van der Waals surface area contributed by atoms with Gasteiger partial charge in [0.2, 0.25) is 0 Å². The molecule has 0 spiro atoms. The van der Waals surface area contributed by atoms with Gasteiger partial charge >= 0.3 is 12.0 Å². The highest BCUT2D eigenvalue weighted by Gasteiger charge is 2.26. The van der Waals surface area contributed by atoms with Crippen molar-refractivity contribution in [3.05, 3.63) is 39.9 Å². The van der Waals surface area contributed by atoms with Gasteiger partial charge in [-0.05, 0) is 38.0 Å². The molecular formula is C20H22ClN3O4S. The molecule has 9 heteroatoms. The molecule has 0 atom stereocenters. The van der Waals surface area contributed by atoms with E-state index in [1.54, 1.807) is 30.5 Å². The van der Waals surface area contributed by atoms with Crippen LogP contribution in [0.25, 0.3) is 0 Å². The summed E-state index contributed by atoms with van der Waals surface area (Å²) in [6.07, 6.45) is 3.85. The highest BCUT2D eigenvalue weighted by atomic mass is 35.5. The lowest BCUT2D eigenvalue weighted by Gasteiger charge is -2.14. The van der Waals surface area contributed by atoms with Crippen LogP contribution < -0.4 is 10.6 Å². The van der Waals surface area contributed by atoms with E-state index >= 15 is 0 Å². The number of aromatic nitrogens is 1. The molecule has 0 saturated heterocycles. The summed E-state index contributed by atoms with van der Waals surface area (Å²) in [5.41, 5.74) is 1.35. The minimum absolute atomic E-state index is 0.00581. The molecule has 1 heterocycles. The number of nitrogens with one attached hydrogen (secondary N) is 2. The average Bonchev–Trinajstić information content (AvgIpc) is 3.35. The lowest BCUT2D eigenvalue weighted by molar-refractivity contribution is -0.142. The third-order valence-corrected chi connectivity index (χ3v) is 5.67. The molecule has 1 fully saturated rings. The number of rotatable bonds is 7. The highest BCUT2D eigenvalue weighted by Crippen LogP contribution is 2.31. The van der Waals surface area contributed by atoms with Crippen LogP contribution >= 0.6 is 22.9 Å². The summed E-state index contributed by atoms with van der Waals surface area (Å²) < 4.78 is 4.89.